The van der Waals surface area contributed by atoms with Crippen LogP contribution in [0.4, 0.5) is 0 Å². The first kappa shape index (κ1) is 17.4. The summed E-state index contributed by atoms with van der Waals surface area (Å²) in [5.41, 5.74) is 3.71. The van der Waals surface area contributed by atoms with E-state index in [1.54, 1.807) is 11.8 Å². The molecular formula is C19H23NO2S. The molecule has 23 heavy (non-hydrogen) atoms. The zero-order valence-corrected chi connectivity index (χ0v) is 14.5. The fourth-order valence-corrected chi connectivity index (χ4v) is 2.91. The van der Waals surface area contributed by atoms with E-state index in [-0.39, 0.29) is 5.91 Å². The van der Waals surface area contributed by atoms with Crippen molar-refractivity contribution in [2.75, 3.05) is 18.9 Å². The number of aryl methyl sites for hydroxylation is 2. The summed E-state index contributed by atoms with van der Waals surface area (Å²) in [6, 6.07) is 16.3. The highest BCUT2D eigenvalue weighted by atomic mass is 32.2. The molecule has 3 nitrogen and oxygen atoms in total. The van der Waals surface area contributed by atoms with Crippen molar-refractivity contribution in [3.8, 4) is 5.75 Å². The van der Waals surface area contributed by atoms with E-state index < -0.39 is 0 Å². The standard InChI is InChI=1S/C19H23NO2S/c1-15-6-8-18(9-7-15)22-11-10-20-19(21)14-23-13-17-5-3-4-16(2)12-17/h3-9,12H,10-11,13-14H2,1-2H3,(H,20,21). The van der Waals surface area contributed by atoms with Crippen LogP contribution >= 0.6 is 11.8 Å². The Kier molecular flexibility index (Phi) is 7.01. The molecule has 2 rings (SSSR count). The number of amides is 1. The first-order chi connectivity index (χ1) is 11.1. The third-order valence-corrected chi connectivity index (χ3v) is 4.30. The van der Waals surface area contributed by atoms with Gasteiger partial charge in [-0.15, -0.1) is 11.8 Å². The topological polar surface area (TPSA) is 38.3 Å². The van der Waals surface area contributed by atoms with Crippen molar-refractivity contribution in [2.45, 2.75) is 19.6 Å². The van der Waals surface area contributed by atoms with Crippen LogP contribution in [0.2, 0.25) is 0 Å². The second-order valence-electron chi connectivity index (χ2n) is 5.49. The summed E-state index contributed by atoms with van der Waals surface area (Å²) in [5, 5.41) is 2.88. The van der Waals surface area contributed by atoms with Gasteiger partial charge < -0.3 is 10.1 Å². The number of carbonyl (C=O) groups is 1. The third-order valence-electron chi connectivity index (χ3n) is 3.30. The van der Waals surface area contributed by atoms with Gasteiger partial charge in [-0.1, -0.05) is 47.5 Å². The van der Waals surface area contributed by atoms with Gasteiger partial charge in [-0.2, -0.15) is 0 Å². The molecule has 0 fully saturated rings. The van der Waals surface area contributed by atoms with Crippen molar-refractivity contribution < 1.29 is 9.53 Å². The molecule has 0 radical (unpaired) electrons. The number of benzene rings is 2. The highest BCUT2D eigenvalue weighted by Gasteiger charge is 2.02. The van der Waals surface area contributed by atoms with E-state index in [4.69, 9.17) is 4.74 Å². The van der Waals surface area contributed by atoms with Gasteiger partial charge in [0, 0.05) is 5.75 Å². The molecule has 0 saturated heterocycles. The van der Waals surface area contributed by atoms with E-state index in [9.17, 15) is 4.79 Å². The minimum Gasteiger partial charge on any atom is -0.492 e. The van der Waals surface area contributed by atoms with Crippen LogP contribution in [0.15, 0.2) is 48.5 Å². The maximum absolute atomic E-state index is 11.8. The molecule has 0 heterocycles. The summed E-state index contributed by atoms with van der Waals surface area (Å²) >= 11 is 1.63. The average Bonchev–Trinajstić information content (AvgIpc) is 2.53. The van der Waals surface area contributed by atoms with E-state index >= 15 is 0 Å². The molecule has 0 aliphatic carbocycles. The monoisotopic (exact) mass is 329 g/mol. The maximum atomic E-state index is 11.8. The van der Waals surface area contributed by atoms with Crippen LogP contribution in [0, 0.1) is 13.8 Å². The molecule has 1 amide bonds. The number of hydrogen-bond acceptors (Lipinski definition) is 3. The summed E-state index contributed by atoms with van der Waals surface area (Å²) < 4.78 is 5.58. The Morgan fingerprint density at radius 2 is 1.87 bits per heavy atom. The Bertz CT molecular complexity index is 626. The number of carbonyl (C=O) groups excluding carboxylic acids is 1. The van der Waals surface area contributed by atoms with Gasteiger partial charge in [-0.25, -0.2) is 0 Å². The fraction of sp³-hybridized carbons (Fsp3) is 0.316. The van der Waals surface area contributed by atoms with Crippen molar-refractivity contribution in [3.05, 3.63) is 65.2 Å². The molecular weight excluding hydrogens is 306 g/mol. The van der Waals surface area contributed by atoms with Gasteiger partial charge in [0.2, 0.25) is 5.91 Å². The number of hydrogen-bond donors (Lipinski definition) is 1. The molecule has 0 aliphatic heterocycles. The first-order valence-corrected chi connectivity index (χ1v) is 8.88. The highest BCUT2D eigenvalue weighted by Crippen LogP contribution is 2.13. The van der Waals surface area contributed by atoms with Gasteiger partial charge in [-0.05, 0) is 31.5 Å². The van der Waals surface area contributed by atoms with Crippen molar-refractivity contribution in [1.29, 1.82) is 0 Å². The molecule has 0 atom stereocenters. The SMILES string of the molecule is Cc1ccc(OCCNC(=O)CSCc2cccc(C)c2)cc1. The molecule has 0 unspecified atom stereocenters. The third kappa shape index (κ3) is 6.78. The van der Waals surface area contributed by atoms with Crippen molar-refractivity contribution in [3.63, 3.8) is 0 Å². The number of ether oxygens (including phenoxy) is 1. The van der Waals surface area contributed by atoms with E-state index in [2.05, 4.69) is 30.4 Å². The lowest BCUT2D eigenvalue weighted by Crippen LogP contribution is -2.29. The quantitative estimate of drug-likeness (QED) is 0.750. The predicted molar refractivity (Wildman–Crippen MR) is 97.0 cm³/mol. The molecule has 2 aromatic carbocycles. The fourth-order valence-electron chi connectivity index (χ4n) is 2.11. The predicted octanol–water partition coefficient (Wildman–Crippen LogP) is 3.73. The highest BCUT2D eigenvalue weighted by molar-refractivity contribution is 7.99. The molecule has 0 spiro atoms. The van der Waals surface area contributed by atoms with E-state index in [0.29, 0.717) is 18.9 Å². The summed E-state index contributed by atoms with van der Waals surface area (Å²) in [4.78, 5) is 11.8. The van der Waals surface area contributed by atoms with Crippen molar-refractivity contribution in [1.82, 2.24) is 5.32 Å². The summed E-state index contributed by atoms with van der Waals surface area (Å²) in [6.45, 7) is 5.13. The number of nitrogens with one attached hydrogen (secondary N) is 1. The summed E-state index contributed by atoms with van der Waals surface area (Å²) in [7, 11) is 0. The Balaban J connectivity index is 1.57. The Morgan fingerprint density at radius 3 is 2.61 bits per heavy atom. The van der Waals surface area contributed by atoms with Crippen LogP contribution in [-0.4, -0.2) is 24.8 Å². The van der Waals surface area contributed by atoms with Crippen LogP contribution < -0.4 is 10.1 Å². The lowest BCUT2D eigenvalue weighted by atomic mass is 10.2. The maximum Gasteiger partial charge on any atom is 0.230 e. The summed E-state index contributed by atoms with van der Waals surface area (Å²) in [6.07, 6.45) is 0. The van der Waals surface area contributed by atoms with Gasteiger partial charge in [-0.3, -0.25) is 4.79 Å². The van der Waals surface area contributed by atoms with Gasteiger partial charge in [0.15, 0.2) is 0 Å². The van der Waals surface area contributed by atoms with Crippen LogP contribution in [0.3, 0.4) is 0 Å². The largest absolute Gasteiger partial charge is 0.492 e. The molecule has 0 saturated carbocycles. The van der Waals surface area contributed by atoms with Gasteiger partial charge >= 0.3 is 0 Å². The Labute approximate surface area is 142 Å². The zero-order valence-electron chi connectivity index (χ0n) is 13.7. The van der Waals surface area contributed by atoms with Crippen LogP contribution in [0.25, 0.3) is 0 Å². The Hall–Kier alpha value is -1.94. The lowest BCUT2D eigenvalue weighted by Gasteiger charge is -2.08. The molecule has 2 aromatic rings. The molecule has 0 aliphatic rings. The number of rotatable bonds is 8. The molecule has 122 valence electrons. The smallest absolute Gasteiger partial charge is 0.230 e. The van der Waals surface area contributed by atoms with E-state index in [0.717, 1.165) is 11.5 Å². The van der Waals surface area contributed by atoms with Crippen LogP contribution in [0.1, 0.15) is 16.7 Å². The van der Waals surface area contributed by atoms with Gasteiger partial charge in [0.05, 0.1) is 12.3 Å². The lowest BCUT2D eigenvalue weighted by molar-refractivity contribution is -0.118. The van der Waals surface area contributed by atoms with Crippen molar-refractivity contribution >= 4 is 17.7 Å². The second-order valence-corrected chi connectivity index (χ2v) is 6.48. The van der Waals surface area contributed by atoms with Crippen LogP contribution in [0.5, 0.6) is 5.75 Å². The molecule has 0 bridgehead atoms. The molecule has 1 N–H and O–H groups in total. The second kappa shape index (κ2) is 9.26. The van der Waals surface area contributed by atoms with Gasteiger partial charge in [0.25, 0.3) is 0 Å². The molecule has 4 heteroatoms. The van der Waals surface area contributed by atoms with Crippen molar-refractivity contribution in [2.24, 2.45) is 0 Å². The van der Waals surface area contributed by atoms with Gasteiger partial charge in [0.1, 0.15) is 12.4 Å². The minimum atomic E-state index is 0.0511. The average molecular weight is 329 g/mol. The first-order valence-electron chi connectivity index (χ1n) is 7.73. The normalized spacial score (nSPS) is 10.3. The van der Waals surface area contributed by atoms with E-state index in [1.807, 2.05) is 37.3 Å². The van der Waals surface area contributed by atoms with E-state index in [1.165, 1.54) is 16.7 Å². The zero-order chi connectivity index (χ0) is 16.5. The molecule has 0 aromatic heterocycles. The van der Waals surface area contributed by atoms with Crippen LogP contribution in [-0.2, 0) is 10.5 Å². The summed E-state index contributed by atoms with van der Waals surface area (Å²) in [5.74, 6) is 2.21. The Morgan fingerprint density at radius 1 is 1.09 bits per heavy atom. The minimum absolute atomic E-state index is 0.0511. The number of thioether (sulfide) groups is 1.